The molecule has 0 aliphatic heterocycles. The molecule has 0 fully saturated rings. The Morgan fingerprint density at radius 2 is 1.90 bits per heavy atom. The fraction of sp³-hybridized carbons (Fsp3) is 0.0952. The molecule has 0 saturated carbocycles. The molecule has 0 spiro atoms. The predicted octanol–water partition coefficient (Wildman–Crippen LogP) is 4.53. The molecule has 4 rings (SSSR count). The Morgan fingerprint density at radius 3 is 2.59 bits per heavy atom. The van der Waals surface area contributed by atoms with Gasteiger partial charge in [0.25, 0.3) is 5.56 Å². The van der Waals surface area contributed by atoms with Crippen molar-refractivity contribution in [2.45, 2.75) is 6.54 Å². The van der Waals surface area contributed by atoms with Gasteiger partial charge in [0.1, 0.15) is 17.0 Å². The van der Waals surface area contributed by atoms with E-state index in [4.69, 9.17) is 4.74 Å². The number of fused-ring (bicyclic) bond motifs is 1. The second-order valence-electron chi connectivity index (χ2n) is 6.29. The number of nitrogens with zero attached hydrogens (tertiary/aromatic N) is 2. The van der Waals surface area contributed by atoms with Crippen LogP contribution >= 0.6 is 27.3 Å². The van der Waals surface area contributed by atoms with E-state index in [1.54, 1.807) is 19.2 Å². The predicted molar refractivity (Wildman–Crippen MR) is 119 cm³/mol. The lowest BCUT2D eigenvalue weighted by Crippen LogP contribution is -2.27. The van der Waals surface area contributed by atoms with E-state index in [1.165, 1.54) is 22.2 Å². The number of hydrogen-bond donors (Lipinski definition) is 1. The van der Waals surface area contributed by atoms with Crippen molar-refractivity contribution in [2.24, 2.45) is 0 Å². The summed E-state index contributed by atoms with van der Waals surface area (Å²) in [5.41, 5.74) is 2.03. The minimum atomic E-state index is -0.289. The largest absolute Gasteiger partial charge is 0.497 e. The van der Waals surface area contributed by atoms with Crippen molar-refractivity contribution < 1.29 is 9.53 Å². The summed E-state index contributed by atoms with van der Waals surface area (Å²) in [4.78, 5) is 30.4. The maximum absolute atomic E-state index is 12.8. The third kappa shape index (κ3) is 4.23. The molecule has 0 unspecified atom stereocenters. The first-order valence-electron chi connectivity index (χ1n) is 8.72. The van der Waals surface area contributed by atoms with Crippen LogP contribution in [0.3, 0.4) is 0 Å². The van der Waals surface area contributed by atoms with Crippen LogP contribution in [0.4, 0.5) is 5.69 Å². The van der Waals surface area contributed by atoms with Gasteiger partial charge in [-0.05, 0) is 60.2 Å². The molecular weight excluding hydrogens is 454 g/mol. The van der Waals surface area contributed by atoms with Gasteiger partial charge in [0.15, 0.2) is 0 Å². The molecule has 0 radical (unpaired) electrons. The van der Waals surface area contributed by atoms with E-state index in [1.807, 2.05) is 42.5 Å². The van der Waals surface area contributed by atoms with Gasteiger partial charge in [-0.15, -0.1) is 11.3 Å². The van der Waals surface area contributed by atoms with E-state index in [2.05, 4.69) is 26.2 Å². The second kappa shape index (κ2) is 8.18. The molecule has 6 nitrogen and oxygen atoms in total. The Hall–Kier alpha value is -2.97. The highest BCUT2D eigenvalue weighted by Crippen LogP contribution is 2.31. The average Bonchev–Trinajstić information content (AvgIpc) is 3.17. The van der Waals surface area contributed by atoms with Crippen molar-refractivity contribution >= 4 is 49.1 Å². The summed E-state index contributed by atoms with van der Waals surface area (Å²) in [6.45, 7) is -0.104. The lowest BCUT2D eigenvalue weighted by Gasteiger charge is -2.07. The van der Waals surface area contributed by atoms with Crippen LogP contribution < -0.4 is 15.6 Å². The Morgan fingerprint density at radius 1 is 1.17 bits per heavy atom. The van der Waals surface area contributed by atoms with Gasteiger partial charge in [-0.1, -0.05) is 15.9 Å². The van der Waals surface area contributed by atoms with Crippen LogP contribution in [0.1, 0.15) is 0 Å². The quantitative estimate of drug-likeness (QED) is 0.465. The molecule has 29 heavy (non-hydrogen) atoms. The highest BCUT2D eigenvalue weighted by molar-refractivity contribution is 9.10. The molecule has 146 valence electrons. The Kier molecular flexibility index (Phi) is 5.46. The van der Waals surface area contributed by atoms with Crippen molar-refractivity contribution in [2.75, 3.05) is 12.4 Å². The first-order valence-corrected chi connectivity index (χ1v) is 10.3. The molecule has 1 amide bonds. The topological polar surface area (TPSA) is 73.2 Å². The molecule has 0 aliphatic rings. The summed E-state index contributed by atoms with van der Waals surface area (Å²) in [6.07, 6.45) is 1.41. The van der Waals surface area contributed by atoms with Crippen LogP contribution in [0.15, 0.2) is 70.2 Å². The van der Waals surface area contributed by atoms with Crippen LogP contribution in [0.25, 0.3) is 20.7 Å². The molecule has 2 aromatic heterocycles. The van der Waals surface area contributed by atoms with Crippen LogP contribution in [0.2, 0.25) is 0 Å². The summed E-state index contributed by atoms with van der Waals surface area (Å²) in [5.74, 6) is 0.481. The fourth-order valence-electron chi connectivity index (χ4n) is 2.84. The minimum absolute atomic E-state index is 0.104. The van der Waals surface area contributed by atoms with E-state index in [0.717, 1.165) is 20.7 Å². The summed E-state index contributed by atoms with van der Waals surface area (Å²) in [5, 5.41) is 2.78. The van der Waals surface area contributed by atoms with E-state index in [9.17, 15) is 9.59 Å². The number of aromatic nitrogens is 2. The number of rotatable bonds is 5. The molecule has 2 heterocycles. The van der Waals surface area contributed by atoms with Crippen molar-refractivity contribution in [3.05, 3.63) is 75.8 Å². The summed E-state index contributed by atoms with van der Waals surface area (Å²) in [6, 6.07) is 16.7. The number of halogens is 1. The number of methoxy groups -OCH3 is 1. The molecule has 0 aliphatic carbocycles. The minimum Gasteiger partial charge on any atom is -0.497 e. The average molecular weight is 470 g/mol. The van der Waals surface area contributed by atoms with Gasteiger partial charge in [0.2, 0.25) is 5.91 Å². The maximum atomic E-state index is 12.8. The molecular formula is C21H16BrN3O3S. The SMILES string of the molecule is COc1ccc(-c2cc3ncn(CC(=O)Nc4ccc(Br)cc4)c(=O)c3s2)cc1. The Labute approximate surface area is 178 Å². The van der Waals surface area contributed by atoms with Gasteiger partial charge in [-0.3, -0.25) is 14.2 Å². The zero-order valence-electron chi connectivity index (χ0n) is 15.4. The third-order valence-electron chi connectivity index (χ3n) is 4.32. The number of carbonyl (C=O) groups excluding carboxylic acids is 1. The van der Waals surface area contributed by atoms with Crippen LogP contribution in [-0.4, -0.2) is 22.6 Å². The van der Waals surface area contributed by atoms with E-state index >= 15 is 0 Å². The third-order valence-corrected chi connectivity index (χ3v) is 6.01. The van der Waals surface area contributed by atoms with Crippen LogP contribution in [0.5, 0.6) is 5.75 Å². The van der Waals surface area contributed by atoms with Crippen molar-refractivity contribution in [3.63, 3.8) is 0 Å². The zero-order valence-corrected chi connectivity index (χ0v) is 17.8. The number of nitrogens with one attached hydrogen (secondary N) is 1. The summed E-state index contributed by atoms with van der Waals surface area (Å²) >= 11 is 4.72. The number of ether oxygens (including phenoxy) is 1. The van der Waals surface area contributed by atoms with Gasteiger partial charge in [0.05, 0.1) is 19.0 Å². The zero-order chi connectivity index (χ0) is 20.4. The standard InChI is InChI=1S/C21H16BrN3O3S/c1-28-16-8-2-13(3-9-16)18-10-17-20(29-18)21(27)25(12-23-17)11-19(26)24-15-6-4-14(22)5-7-15/h2-10,12H,11H2,1H3,(H,24,26). The number of anilines is 1. The maximum Gasteiger partial charge on any atom is 0.271 e. The normalized spacial score (nSPS) is 10.8. The van der Waals surface area contributed by atoms with Crippen molar-refractivity contribution in [3.8, 4) is 16.2 Å². The van der Waals surface area contributed by atoms with Gasteiger partial charge in [0, 0.05) is 15.0 Å². The first-order chi connectivity index (χ1) is 14.0. The summed E-state index contributed by atoms with van der Waals surface area (Å²) in [7, 11) is 1.62. The lowest BCUT2D eigenvalue weighted by atomic mass is 10.2. The first kappa shape index (κ1) is 19.4. The van der Waals surface area contributed by atoms with Crippen LogP contribution in [-0.2, 0) is 11.3 Å². The van der Waals surface area contributed by atoms with E-state index in [-0.39, 0.29) is 18.0 Å². The van der Waals surface area contributed by atoms with E-state index < -0.39 is 0 Å². The van der Waals surface area contributed by atoms with Gasteiger partial charge in [-0.25, -0.2) is 4.98 Å². The number of thiophene rings is 1. The fourth-order valence-corrected chi connectivity index (χ4v) is 4.17. The number of carbonyl (C=O) groups is 1. The highest BCUT2D eigenvalue weighted by Gasteiger charge is 2.13. The molecule has 0 bridgehead atoms. The Bertz CT molecular complexity index is 1230. The summed E-state index contributed by atoms with van der Waals surface area (Å²) < 4.78 is 7.95. The lowest BCUT2D eigenvalue weighted by molar-refractivity contribution is -0.116. The van der Waals surface area contributed by atoms with Crippen molar-refractivity contribution in [1.82, 2.24) is 9.55 Å². The molecule has 8 heteroatoms. The van der Waals surface area contributed by atoms with Gasteiger partial charge >= 0.3 is 0 Å². The van der Waals surface area contributed by atoms with Crippen LogP contribution in [0, 0.1) is 0 Å². The van der Waals surface area contributed by atoms with E-state index in [0.29, 0.717) is 15.9 Å². The smallest absolute Gasteiger partial charge is 0.271 e. The molecule has 0 atom stereocenters. The molecule has 1 N–H and O–H groups in total. The number of benzene rings is 2. The Balaban J connectivity index is 1.57. The second-order valence-corrected chi connectivity index (χ2v) is 8.25. The van der Waals surface area contributed by atoms with Crippen molar-refractivity contribution in [1.29, 1.82) is 0 Å². The number of amides is 1. The molecule has 4 aromatic rings. The molecule has 0 saturated heterocycles. The monoisotopic (exact) mass is 469 g/mol. The van der Waals surface area contributed by atoms with Gasteiger partial charge in [-0.2, -0.15) is 0 Å². The number of hydrogen-bond acceptors (Lipinski definition) is 5. The van der Waals surface area contributed by atoms with Gasteiger partial charge < -0.3 is 10.1 Å². The molecule has 2 aromatic carbocycles. The highest BCUT2D eigenvalue weighted by atomic mass is 79.9.